The number of rotatable bonds is 5. The number of hydrogen-bond acceptors (Lipinski definition) is 3. The van der Waals surface area contributed by atoms with Crippen LogP contribution >= 0.6 is 0 Å². The molecular formula is C45H28N2OSe. The summed E-state index contributed by atoms with van der Waals surface area (Å²) in [4.78, 5) is 7.38. The molecule has 2 heterocycles. The van der Waals surface area contributed by atoms with Crippen LogP contribution in [0.3, 0.4) is 0 Å². The number of benzene rings is 8. The Balaban J connectivity index is 1.12. The molecule has 10 rings (SSSR count). The maximum Gasteiger partial charge on any atom is -0.0544 e. The molecule has 0 atom stereocenters. The van der Waals surface area contributed by atoms with Gasteiger partial charge in [0.1, 0.15) is 0 Å². The van der Waals surface area contributed by atoms with Crippen LogP contribution in [-0.4, -0.2) is 19.5 Å². The molecule has 0 saturated heterocycles. The summed E-state index contributed by atoms with van der Waals surface area (Å²) in [7, 11) is 0. The Morgan fingerprint density at radius 2 is 1.08 bits per heavy atom. The van der Waals surface area contributed by atoms with Gasteiger partial charge in [-0.05, 0) is 0 Å². The van der Waals surface area contributed by atoms with Crippen molar-refractivity contribution in [2.45, 2.75) is 0 Å². The van der Waals surface area contributed by atoms with E-state index >= 15 is 0 Å². The van der Waals surface area contributed by atoms with Gasteiger partial charge < -0.3 is 0 Å². The third-order valence-electron chi connectivity index (χ3n) is 9.46. The molecule has 0 fully saturated rings. The molecule has 0 aliphatic carbocycles. The van der Waals surface area contributed by atoms with Crippen molar-refractivity contribution in [3.63, 3.8) is 0 Å². The Morgan fingerprint density at radius 1 is 0.469 bits per heavy atom. The van der Waals surface area contributed by atoms with Gasteiger partial charge in [0.25, 0.3) is 0 Å². The van der Waals surface area contributed by atoms with Crippen molar-refractivity contribution in [2.75, 3.05) is 4.90 Å². The quantitative estimate of drug-likeness (QED) is 0.168. The molecule has 0 amide bonds. The summed E-state index contributed by atoms with van der Waals surface area (Å²) >= 11 is 0.138. The monoisotopic (exact) mass is 692 g/mol. The van der Waals surface area contributed by atoms with E-state index in [1.54, 1.807) is 0 Å². The Morgan fingerprint density at radius 3 is 1.88 bits per heavy atom. The van der Waals surface area contributed by atoms with Crippen molar-refractivity contribution in [2.24, 2.45) is 0 Å². The van der Waals surface area contributed by atoms with Gasteiger partial charge in [-0.15, -0.1) is 0 Å². The predicted molar refractivity (Wildman–Crippen MR) is 207 cm³/mol. The van der Waals surface area contributed by atoms with Crippen molar-refractivity contribution in [1.82, 2.24) is 4.98 Å². The van der Waals surface area contributed by atoms with Gasteiger partial charge in [-0.3, -0.25) is 0 Å². The minimum absolute atomic E-state index is 0.138. The third-order valence-corrected chi connectivity index (χ3v) is 11.9. The van der Waals surface area contributed by atoms with Gasteiger partial charge in [0.05, 0.1) is 0 Å². The summed E-state index contributed by atoms with van der Waals surface area (Å²) < 4.78 is 8.94. The van der Waals surface area contributed by atoms with E-state index in [0.29, 0.717) is 5.89 Å². The maximum absolute atomic E-state index is 6.24. The van der Waals surface area contributed by atoms with Gasteiger partial charge in [-0.1, -0.05) is 36.4 Å². The zero-order valence-electron chi connectivity index (χ0n) is 26.4. The minimum Gasteiger partial charge on any atom is -0.0617 e. The van der Waals surface area contributed by atoms with Crippen LogP contribution in [0, 0.1) is 0 Å². The van der Waals surface area contributed by atoms with Crippen LogP contribution in [-0.2, 0) is 0 Å². The molecule has 3 nitrogen and oxygen atoms in total. The molecule has 0 bridgehead atoms. The van der Waals surface area contributed by atoms with E-state index in [-0.39, 0.29) is 14.5 Å². The predicted octanol–water partition coefficient (Wildman–Crippen LogP) is 12.3. The topological polar surface area (TPSA) is 29.3 Å². The fourth-order valence-corrected chi connectivity index (χ4v) is 9.60. The second kappa shape index (κ2) is 11.3. The molecule has 8 aromatic carbocycles. The number of aromatic nitrogens is 1. The van der Waals surface area contributed by atoms with Gasteiger partial charge in [-0.2, -0.15) is 0 Å². The second-order valence-corrected chi connectivity index (χ2v) is 14.6. The van der Waals surface area contributed by atoms with E-state index in [1.165, 1.54) is 52.0 Å². The van der Waals surface area contributed by atoms with Gasteiger partial charge in [-0.25, -0.2) is 0 Å². The molecule has 2 aromatic heterocycles. The van der Waals surface area contributed by atoms with Crippen molar-refractivity contribution < 1.29 is 4.42 Å². The van der Waals surface area contributed by atoms with Gasteiger partial charge in [0, 0.05) is 0 Å². The third kappa shape index (κ3) is 4.76. The number of hydrogen-bond donors (Lipinski definition) is 0. The average molecular weight is 692 g/mol. The summed E-state index contributed by atoms with van der Waals surface area (Å²) in [5.41, 5.74) is 8.62. The van der Waals surface area contributed by atoms with E-state index in [9.17, 15) is 0 Å². The van der Waals surface area contributed by atoms with Crippen LogP contribution in [0.25, 0.3) is 74.5 Å². The van der Waals surface area contributed by atoms with Crippen LogP contribution in [0.2, 0.25) is 0 Å². The van der Waals surface area contributed by atoms with Crippen LogP contribution in [0.4, 0.5) is 17.1 Å². The molecule has 0 unspecified atom stereocenters. The van der Waals surface area contributed by atoms with Crippen LogP contribution in [0.15, 0.2) is 174 Å². The van der Waals surface area contributed by atoms with E-state index in [1.807, 2.05) is 18.2 Å². The van der Waals surface area contributed by atoms with E-state index in [0.717, 1.165) is 33.7 Å². The molecule has 49 heavy (non-hydrogen) atoms. The number of nitrogens with zero attached hydrogens (tertiary/aromatic N) is 2. The first-order valence-corrected chi connectivity index (χ1v) is 18.2. The molecule has 230 valence electrons. The minimum atomic E-state index is 0.138. The fraction of sp³-hybridized carbons (Fsp3) is 0. The first-order chi connectivity index (χ1) is 24.3. The Kier molecular flexibility index (Phi) is 6.51. The molecule has 0 saturated carbocycles. The van der Waals surface area contributed by atoms with E-state index in [2.05, 4.69) is 157 Å². The summed E-state index contributed by atoms with van der Waals surface area (Å²) in [5, 5.41) is 7.55. The van der Waals surface area contributed by atoms with Gasteiger partial charge in [0.2, 0.25) is 0 Å². The van der Waals surface area contributed by atoms with Crippen molar-refractivity contribution in [3.8, 4) is 22.6 Å². The molecule has 0 spiro atoms. The Bertz CT molecular complexity index is 2820. The Hall–Kier alpha value is -5.93. The van der Waals surface area contributed by atoms with Crippen molar-refractivity contribution >= 4 is 83.5 Å². The average Bonchev–Trinajstić information content (AvgIpc) is 3.78. The Labute approximate surface area is 289 Å². The van der Waals surface area contributed by atoms with Crippen LogP contribution < -0.4 is 4.90 Å². The zero-order chi connectivity index (χ0) is 32.3. The molecule has 10 aromatic rings. The van der Waals surface area contributed by atoms with E-state index < -0.39 is 0 Å². The standard InChI is InChI=1S/C45H28N2OSe/c1-3-9-29(10-4-1)31-15-19-35(20-16-31)47(36-21-17-30-11-7-8-14-33(30)27-36)37-22-23-38-34(28-37)18-26-41-42(38)39-24-25-40-43(44(39)49-41)46-45(48-40)32-12-5-2-6-13-32/h1-28H. The number of oxazole rings is 1. The number of fused-ring (bicyclic) bond motifs is 8. The molecule has 0 aliphatic heterocycles. The van der Waals surface area contributed by atoms with Gasteiger partial charge in [0.15, 0.2) is 0 Å². The van der Waals surface area contributed by atoms with Crippen LogP contribution in [0.5, 0.6) is 0 Å². The van der Waals surface area contributed by atoms with Crippen LogP contribution in [0.1, 0.15) is 0 Å². The van der Waals surface area contributed by atoms with Crippen molar-refractivity contribution in [1.29, 1.82) is 0 Å². The summed E-state index contributed by atoms with van der Waals surface area (Å²) in [6.45, 7) is 0. The maximum atomic E-state index is 6.24. The fourth-order valence-electron chi connectivity index (χ4n) is 7.08. The van der Waals surface area contributed by atoms with E-state index in [4.69, 9.17) is 9.40 Å². The largest absolute Gasteiger partial charge is 0.0617 e. The first-order valence-electron chi connectivity index (χ1n) is 16.5. The molecule has 0 radical (unpaired) electrons. The summed E-state index contributed by atoms with van der Waals surface area (Å²) in [5.74, 6) is 0.677. The molecule has 4 heteroatoms. The molecular weight excluding hydrogens is 663 g/mol. The SMILES string of the molecule is c1ccc(-c2ccc(N(c3ccc4ccccc4c3)c3ccc4c(ccc5[se]c6c(ccc7oc(-c8ccccc8)nc76)c54)c3)cc2)cc1. The first kappa shape index (κ1) is 28.1. The smallest absolute Gasteiger partial charge is 0.0544 e. The number of anilines is 3. The zero-order valence-corrected chi connectivity index (χ0v) is 28.1. The second-order valence-electron chi connectivity index (χ2n) is 12.4. The summed E-state index contributed by atoms with van der Waals surface area (Å²) in [6.07, 6.45) is 0. The van der Waals surface area contributed by atoms with Crippen molar-refractivity contribution in [3.05, 3.63) is 170 Å². The van der Waals surface area contributed by atoms with Gasteiger partial charge >= 0.3 is 254 Å². The molecule has 0 N–H and O–H groups in total. The molecule has 0 aliphatic rings. The summed E-state index contributed by atoms with van der Waals surface area (Å²) in [6, 6.07) is 60.8. The normalized spacial score (nSPS) is 11.7.